The van der Waals surface area contributed by atoms with Gasteiger partial charge in [0.15, 0.2) is 6.61 Å². The van der Waals surface area contributed by atoms with Crippen LogP contribution in [0.25, 0.3) is 10.9 Å². The number of nitrogens with zero attached hydrogens (tertiary/aromatic N) is 1. The van der Waals surface area contributed by atoms with Gasteiger partial charge in [-0.25, -0.2) is 0 Å². The largest absolute Gasteiger partial charge is 1.00 e. The molecule has 2 amide bonds. The summed E-state index contributed by atoms with van der Waals surface area (Å²) in [6.07, 6.45) is 4.46. The molecule has 0 unspecified atom stereocenters. The number of unbranched alkanes of at least 4 members (excludes halogenated alkanes) is 3. The van der Waals surface area contributed by atoms with Gasteiger partial charge in [-0.2, -0.15) is 8.42 Å². The number of aromatic amines is 1. The van der Waals surface area contributed by atoms with Crippen LogP contribution >= 0.6 is 11.6 Å². The Morgan fingerprint density at radius 3 is 2.44 bits per heavy atom. The van der Waals surface area contributed by atoms with Gasteiger partial charge in [-0.3, -0.25) is 23.7 Å². The molecule has 0 aliphatic rings. The third-order valence-electron chi connectivity index (χ3n) is 6.66. The zero-order chi connectivity index (χ0) is 32.1. The smallest absolute Gasteiger partial charge is 1.00 e. The van der Waals surface area contributed by atoms with E-state index in [1.54, 1.807) is 42.5 Å². The Labute approximate surface area is 290 Å². The van der Waals surface area contributed by atoms with Crippen LogP contribution in [0.2, 0.25) is 5.02 Å². The third-order valence-corrected chi connectivity index (χ3v) is 7.61. The molecule has 2 aromatic carbocycles. The van der Waals surface area contributed by atoms with Crippen LogP contribution in [0.3, 0.4) is 0 Å². The van der Waals surface area contributed by atoms with Crippen LogP contribution in [0.4, 0.5) is 0 Å². The molecule has 0 radical (unpaired) electrons. The normalized spacial score (nSPS) is 10.7. The van der Waals surface area contributed by atoms with Crippen LogP contribution in [-0.2, 0) is 31.0 Å². The molecular weight excluding hydrogens is 633 g/mol. The van der Waals surface area contributed by atoms with Crippen LogP contribution in [0, 0.1) is 11.8 Å². The number of fused-ring (bicyclic) bond motifs is 1. The van der Waals surface area contributed by atoms with E-state index in [-0.39, 0.29) is 75.0 Å². The molecule has 11 nitrogen and oxygen atoms in total. The number of H-pyrrole nitrogens is 1. The minimum absolute atomic E-state index is 0. The number of hydrogen-bond acceptors (Lipinski definition) is 7. The van der Waals surface area contributed by atoms with Crippen molar-refractivity contribution in [3.8, 4) is 11.8 Å². The van der Waals surface area contributed by atoms with E-state index < -0.39 is 33.2 Å². The number of esters is 1. The number of benzene rings is 2. The van der Waals surface area contributed by atoms with E-state index in [2.05, 4.69) is 22.1 Å². The van der Waals surface area contributed by atoms with Gasteiger partial charge in [0.1, 0.15) is 5.56 Å². The molecule has 236 valence electrons. The maximum Gasteiger partial charge on any atom is 1.00 e. The van der Waals surface area contributed by atoms with Crippen molar-refractivity contribution in [2.24, 2.45) is 0 Å². The van der Waals surface area contributed by atoms with Gasteiger partial charge in [0, 0.05) is 60.7 Å². The molecule has 3 rings (SSSR count). The van der Waals surface area contributed by atoms with Crippen molar-refractivity contribution < 1.29 is 63.1 Å². The van der Waals surface area contributed by atoms with Gasteiger partial charge in [0.05, 0.1) is 5.75 Å². The van der Waals surface area contributed by atoms with E-state index in [1.165, 1.54) is 18.1 Å². The van der Waals surface area contributed by atoms with Crippen LogP contribution in [-0.4, -0.2) is 66.6 Å². The number of carbonyl (C=O) groups is 3. The van der Waals surface area contributed by atoms with Crippen molar-refractivity contribution in [1.29, 1.82) is 0 Å². The molecule has 0 fully saturated rings. The van der Waals surface area contributed by atoms with Crippen molar-refractivity contribution in [2.75, 3.05) is 26.0 Å². The number of halogens is 1. The van der Waals surface area contributed by atoms with E-state index in [0.717, 1.165) is 18.4 Å². The van der Waals surface area contributed by atoms with Gasteiger partial charge in [0.2, 0.25) is 11.3 Å². The second-order valence-electron chi connectivity index (χ2n) is 10.1. The van der Waals surface area contributed by atoms with Crippen molar-refractivity contribution >= 4 is 50.4 Å². The Kier molecular flexibility index (Phi) is 15.8. The second kappa shape index (κ2) is 18.7. The molecule has 0 spiro atoms. The minimum atomic E-state index is -4.11. The summed E-state index contributed by atoms with van der Waals surface area (Å²) in [4.78, 5) is 53.9. The summed E-state index contributed by atoms with van der Waals surface area (Å²) in [6, 6.07) is 12.0. The summed E-state index contributed by atoms with van der Waals surface area (Å²) < 4.78 is 35.5. The maximum atomic E-state index is 13.0. The van der Waals surface area contributed by atoms with E-state index in [1.807, 2.05) is 0 Å². The average Bonchev–Trinajstić information content (AvgIpc) is 2.99. The van der Waals surface area contributed by atoms with Gasteiger partial charge in [-0.1, -0.05) is 48.4 Å². The van der Waals surface area contributed by atoms with Crippen molar-refractivity contribution in [3.05, 3.63) is 80.6 Å². The Morgan fingerprint density at radius 2 is 1.76 bits per heavy atom. The first kappa shape index (κ1) is 38.0. The molecule has 45 heavy (non-hydrogen) atoms. The van der Waals surface area contributed by atoms with Gasteiger partial charge in [-0.05, 0) is 48.7 Å². The Hall–Kier alpha value is -3.18. The summed E-state index contributed by atoms with van der Waals surface area (Å²) in [5.41, 5.74) is 1.45. The number of rotatable bonds is 14. The first-order chi connectivity index (χ1) is 20.9. The molecule has 0 aliphatic heterocycles. The average molecular weight is 668 g/mol. The monoisotopic (exact) mass is 667 g/mol. The van der Waals surface area contributed by atoms with Crippen LogP contribution in [0.1, 0.15) is 61.4 Å². The summed E-state index contributed by atoms with van der Waals surface area (Å²) in [5.74, 6) is 4.00. The van der Waals surface area contributed by atoms with Gasteiger partial charge in [-0.15, -0.1) is 0 Å². The number of aromatic nitrogens is 1. The van der Waals surface area contributed by atoms with Crippen molar-refractivity contribution in [3.63, 3.8) is 0 Å². The summed E-state index contributed by atoms with van der Waals surface area (Å²) >= 11 is 5.89. The van der Waals surface area contributed by atoms with Gasteiger partial charge < -0.3 is 21.4 Å². The zero-order valence-electron chi connectivity index (χ0n) is 26.2. The predicted molar refractivity (Wildman–Crippen MR) is 168 cm³/mol. The quantitative estimate of drug-likeness (QED) is 0.0748. The molecule has 3 N–H and O–H groups in total. The predicted octanol–water partition coefficient (Wildman–Crippen LogP) is 0.810. The first-order valence-electron chi connectivity index (χ1n) is 13.9. The van der Waals surface area contributed by atoms with Gasteiger partial charge in [0.25, 0.3) is 16.0 Å². The SMILES string of the molecule is CN(CCS(=O)(=O)O)C(=O)CCCCCCC(=O)OCC#Cc1ccc2[nH]cc(C(=O)NCc3ccc(Cl)cc3)c(=O)c2c1.[H-].[Na+]. The van der Waals surface area contributed by atoms with Crippen molar-refractivity contribution in [2.45, 2.75) is 45.1 Å². The number of nitrogens with one attached hydrogen (secondary N) is 2. The van der Waals surface area contributed by atoms with Crippen LogP contribution in [0.15, 0.2) is 53.5 Å². The Balaban J connectivity index is 0.00000529. The summed E-state index contributed by atoms with van der Waals surface area (Å²) in [7, 11) is -2.63. The van der Waals surface area contributed by atoms with E-state index in [0.29, 0.717) is 34.3 Å². The fourth-order valence-corrected chi connectivity index (χ4v) is 4.77. The molecule has 0 saturated heterocycles. The third kappa shape index (κ3) is 13.4. The number of hydrogen-bond donors (Lipinski definition) is 3. The summed E-state index contributed by atoms with van der Waals surface area (Å²) in [5, 5.41) is 3.62. The van der Waals surface area contributed by atoms with E-state index >= 15 is 0 Å². The topological polar surface area (TPSA) is 163 Å². The number of ether oxygens (including phenoxy) is 1. The van der Waals surface area contributed by atoms with Gasteiger partial charge >= 0.3 is 35.5 Å². The number of pyridine rings is 1. The Bertz CT molecular complexity index is 1720. The molecule has 1 aromatic heterocycles. The zero-order valence-corrected chi connectivity index (χ0v) is 28.8. The molecule has 3 aromatic rings. The molecule has 0 saturated carbocycles. The van der Waals surface area contributed by atoms with Crippen LogP contribution in [0.5, 0.6) is 0 Å². The van der Waals surface area contributed by atoms with Crippen molar-refractivity contribution in [1.82, 2.24) is 15.2 Å². The second-order valence-corrected chi connectivity index (χ2v) is 12.1. The first-order valence-corrected chi connectivity index (χ1v) is 15.9. The molecule has 0 bridgehead atoms. The molecule has 0 aliphatic carbocycles. The summed E-state index contributed by atoms with van der Waals surface area (Å²) in [6.45, 7) is 0.0446. The Morgan fingerprint density at radius 1 is 1.07 bits per heavy atom. The number of amides is 2. The fourth-order valence-electron chi connectivity index (χ4n) is 4.14. The van der Waals surface area contributed by atoms with Crippen LogP contribution < -0.4 is 40.3 Å². The molecule has 1 heterocycles. The molecular formula is C31H35ClN3NaO8S. The minimum Gasteiger partial charge on any atom is -1.00 e. The number of carbonyl (C=O) groups excluding carboxylic acids is 3. The molecule has 14 heteroatoms. The standard InChI is InChI=1S/C31H34ClN3O8S.Na.H/c1-35(16-18-44(40,41)42)28(36)8-4-2-3-5-9-29(37)43-17-6-7-22-12-15-27-25(19-22)30(38)26(21-33-27)31(39)34-20-23-10-13-24(32)14-11-23;;/h10-15,19,21H,2-5,8-9,16-18,20H2,1H3,(H,33,38)(H,34,39)(H,40,41,42);;/q;+1;-1. The van der Waals surface area contributed by atoms with E-state index in [4.69, 9.17) is 20.9 Å². The maximum absolute atomic E-state index is 13.0. The van der Waals surface area contributed by atoms with E-state index in [9.17, 15) is 27.6 Å². The molecule has 0 atom stereocenters. The fraction of sp³-hybridized carbons (Fsp3) is 0.355.